The summed E-state index contributed by atoms with van der Waals surface area (Å²) in [5.74, 6) is 0.565. The van der Waals surface area contributed by atoms with E-state index < -0.39 is 0 Å². The Kier molecular flexibility index (Phi) is 2.37. The van der Waals surface area contributed by atoms with Crippen molar-refractivity contribution in [2.75, 3.05) is 5.88 Å². The second kappa shape index (κ2) is 3.35. The van der Waals surface area contributed by atoms with Crippen LogP contribution in [0.15, 0.2) is 0 Å². The first-order valence-corrected chi connectivity index (χ1v) is 5.07. The average Bonchev–Trinajstić information content (AvgIpc) is 2.44. The highest BCUT2D eigenvalue weighted by Gasteiger charge is 2.37. The number of hydrogen-bond acceptors (Lipinski definition) is 2. The summed E-state index contributed by atoms with van der Waals surface area (Å²) >= 11 is 5.51. The number of alkyl halides is 1. The summed E-state index contributed by atoms with van der Waals surface area (Å²) in [6.45, 7) is 0. The molecule has 2 bridgehead atoms. The van der Waals surface area contributed by atoms with Gasteiger partial charge in [-0.1, -0.05) is 0 Å². The van der Waals surface area contributed by atoms with E-state index in [9.17, 15) is 4.79 Å². The molecule has 3 heteroatoms. The summed E-state index contributed by atoms with van der Waals surface area (Å²) in [4.78, 5) is 11.3. The fourth-order valence-corrected chi connectivity index (χ4v) is 2.45. The molecule has 0 aromatic heterocycles. The van der Waals surface area contributed by atoms with Gasteiger partial charge in [-0.15, -0.1) is 11.6 Å². The summed E-state index contributed by atoms with van der Waals surface area (Å²) in [6, 6.07) is 0. The van der Waals surface area contributed by atoms with Gasteiger partial charge in [0.2, 0.25) is 0 Å². The Morgan fingerprint density at radius 2 is 1.92 bits per heavy atom. The molecule has 2 aliphatic rings. The van der Waals surface area contributed by atoms with E-state index in [2.05, 4.69) is 0 Å². The molecule has 2 heterocycles. The molecule has 2 rings (SSSR count). The van der Waals surface area contributed by atoms with Crippen LogP contribution in [-0.4, -0.2) is 23.9 Å². The van der Waals surface area contributed by atoms with E-state index in [0.717, 1.165) is 25.7 Å². The maximum Gasteiger partial charge on any atom is 0.150 e. The van der Waals surface area contributed by atoms with E-state index in [1.807, 2.05) is 0 Å². The van der Waals surface area contributed by atoms with Gasteiger partial charge < -0.3 is 4.74 Å². The van der Waals surface area contributed by atoms with Crippen LogP contribution in [0.3, 0.4) is 0 Å². The van der Waals surface area contributed by atoms with Gasteiger partial charge in [0, 0.05) is 5.92 Å². The van der Waals surface area contributed by atoms with E-state index in [-0.39, 0.29) is 17.6 Å². The van der Waals surface area contributed by atoms with Crippen LogP contribution in [-0.2, 0) is 9.53 Å². The van der Waals surface area contributed by atoms with Gasteiger partial charge in [-0.3, -0.25) is 4.79 Å². The zero-order valence-electron chi connectivity index (χ0n) is 6.96. The van der Waals surface area contributed by atoms with Gasteiger partial charge in [0.15, 0.2) is 5.78 Å². The Bertz CT molecular complexity index is 181. The lowest BCUT2D eigenvalue weighted by molar-refractivity contribution is -0.126. The lowest BCUT2D eigenvalue weighted by Crippen LogP contribution is -2.30. The van der Waals surface area contributed by atoms with E-state index in [1.54, 1.807) is 0 Å². The number of ketones is 1. The van der Waals surface area contributed by atoms with Crippen LogP contribution < -0.4 is 0 Å². The molecule has 0 spiro atoms. The Morgan fingerprint density at radius 1 is 1.33 bits per heavy atom. The smallest absolute Gasteiger partial charge is 0.150 e. The molecule has 2 fully saturated rings. The number of ether oxygens (including phenoxy) is 1. The van der Waals surface area contributed by atoms with Gasteiger partial charge >= 0.3 is 0 Å². The van der Waals surface area contributed by atoms with Crippen LogP contribution in [0.1, 0.15) is 25.7 Å². The molecule has 2 atom stereocenters. The van der Waals surface area contributed by atoms with E-state index >= 15 is 0 Å². The van der Waals surface area contributed by atoms with Crippen LogP contribution in [0.5, 0.6) is 0 Å². The summed E-state index contributed by atoms with van der Waals surface area (Å²) in [5.41, 5.74) is 0. The zero-order valence-corrected chi connectivity index (χ0v) is 7.72. The van der Waals surface area contributed by atoms with E-state index in [1.165, 1.54) is 0 Å². The lowest BCUT2D eigenvalue weighted by atomic mass is 9.92. The minimum atomic E-state index is 0.171. The third kappa shape index (κ3) is 1.50. The van der Waals surface area contributed by atoms with Crippen molar-refractivity contribution in [3.8, 4) is 0 Å². The SMILES string of the molecule is O=C(CCl)C1CC2CCC(C1)O2. The molecule has 2 saturated heterocycles. The lowest BCUT2D eigenvalue weighted by Gasteiger charge is -2.26. The van der Waals surface area contributed by atoms with Gasteiger partial charge in [-0.05, 0) is 25.7 Å². The second-order valence-electron chi connectivity index (χ2n) is 3.73. The van der Waals surface area contributed by atoms with Gasteiger partial charge in [0.1, 0.15) is 0 Å². The average molecular weight is 189 g/mol. The quantitative estimate of drug-likeness (QED) is 0.618. The summed E-state index contributed by atoms with van der Waals surface area (Å²) in [5, 5.41) is 0. The predicted octanol–water partition coefficient (Wildman–Crippen LogP) is 1.75. The summed E-state index contributed by atoms with van der Waals surface area (Å²) in [7, 11) is 0. The van der Waals surface area contributed by atoms with E-state index in [4.69, 9.17) is 16.3 Å². The molecule has 0 saturated carbocycles. The molecular weight excluding hydrogens is 176 g/mol. The van der Waals surface area contributed by atoms with Crippen LogP contribution in [0.25, 0.3) is 0 Å². The highest BCUT2D eigenvalue weighted by atomic mass is 35.5. The van der Waals surface area contributed by atoms with Crippen molar-refractivity contribution in [2.45, 2.75) is 37.9 Å². The summed E-state index contributed by atoms with van der Waals surface area (Å²) in [6.07, 6.45) is 4.78. The molecule has 2 aliphatic heterocycles. The minimum absolute atomic E-state index is 0.171. The molecule has 2 nitrogen and oxygen atoms in total. The third-order valence-corrected chi connectivity index (χ3v) is 3.14. The first-order chi connectivity index (χ1) is 5.79. The molecule has 0 N–H and O–H groups in total. The van der Waals surface area contributed by atoms with Gasteiger partial charge in [-0.2, -0.15) is 0 Å². The maximum absolute atomic E-state index is 11.3. The second-order valence-corrected chi connectivity index (χ2v) is 3.99. The van der Waals surface area contributed by atoms with Crippen molar-refractivity contribution in [1.82, 2.24) is 0 Å². The highest BCUT2D eigenvalue weighted by Crippen LogP contribution is 2.36. The molecule has 0 aromatic carbocycles. The monoisotopic (exact) mass is 188 g/mol. The van der Waals surface area contributed by atoms with Gasteiger partial charge in [0.25, 0.3) is 0 Å². The molecule has 0 radical (unpaired) electrons. The Labute approximate surface area is 77.2 Å². The first-order valence-electron chi connectivity index (χ1n) is 4.53. The number of carbonyl (C=O) groups excluding carboxylic acids is 1. The minimum Gasteiger partial charge on any atom is -0.375 e. The van der Waals surface area contributed by atoms with Crippen molar-refractivity contribution in [3.63, 3.8) is 0 Å². The number of hydrogen-bond donors (Lipinski definition) is 0. The number of halogens is 1. The fraction of sp³-hybridized carbons (Fsp3) is 0.889. The highest BCUT2D eigenvalue weighted by molar-refractivity contribution is 6.27. The third-order valence-electron chi connectivity index (χ3n) is 2.88. The Hall–Kier alpha value is -0.0800. The van der Waals surface area contributed by atoms with Crippen LogP contribution in [0.4, 0.5) is 0 Å². The number of Topliss-reactive ketones (excluding diaryl/α,β-unsaturated/α-hetero) is 1. The van der Waals surface area contributed by atoms with E-state index in [0.29, 0.717) is 12.2 Å². The van der Waals surface area contributed by atoms with Crippen LogP contribution in [0, 0.1) is 5.92 Å². The van der Waals surface area contributed by atoms with Crippen molar-refractivity contribution >= 4 is 17.4 Å². The Morgan fingerprint density at radius 3 is 2.42 bits per heavy atom. The molecule has 0 aromatic rings. The normalized spacial score (nSPS) is 39.9. The van der Waals surface area contributed by atoms with Crippen LogP contribution >= 0.6 is 11.6 Å². The van der Waals surface area contributed by atoms with Crippen LogP contribution in [0.2, 0.25) is 0 Å². The maximum atomic E-state index is 11.3. The van der Waals surface area contributed by atoms with Crippen molar-refractivity contribution in [3.05, 3.63) is 0 Å². The molecule has 0 aliphatic carbocycles. The number of rotatable bonds is 2. The Balaban J connectivity index is 1.98. The molecule has 12 heavy (non-hydrogen) atoms. The molecule has 68 valence electrons. The summed E-state index contributed by atoms with van der Waals surface area (Å²) < 4.78 is 5.63. The first kappa shape index (κ1) is 8.52. The standard InChI is InChI=1S/C9H13ClO2/c10-5-9(11)6-3-7-1-2-8(4-6)12-7/h6-8H,1-5H2. The zero-order chi connectivity index (χ0) is 8.55. The van der Waals surface area contributed by atoms with Crippen molar-refractivity contribution in [2.24, 2.45) is 5.92 Å². The molecular formula is C9H13ClO2. The predicted molar refractivity (Wildman–Crippen MR) is 46.3 cm³/mol. The van der Waals surface area contributed by atoms with Crippen molar-refractivity contribution in [1.29, 1.82) is 0 Å². The molecule has 2 unspecified atom stereocenters. The molecule has 0 amide bonds. The fourth-order valence-electron chi connectivity index (χ4n) is 2.23. The van der Waals surface area contributed by atoms with Crippen molar-refractivity contribution < 1.29 is 9.53 Å². The largest absolute Gasteiger partial charge is 0.375 e. The van der Waals surface area contributed by atoms with Gasteiger partial charge in [-0.25, -0.2) is 0 Å². The number of fused-ring (bicyclic) bond motifs is 2. The number of carbonyl (C=O) groups is 1. The topological polar surface area (TPSA) is 26.3 Å². The van der Waals surface area contributed by atoms with Gasteiger partial charge in [0.05, 0.1) is 18.1 Å².